The van der Waals surface area contributed by atoms with Crippen LogP contribution in [-0.4, -0.2) is 43.3 Å². The maximum Gasteiger partial charge on any atom is 0.401 e. The third-order valence-electron chi connectivity index (χ3n) is 3.97. The molecule has 0 bridgehead atoms. The Morgan fingerprint density at radius 1 is 1.12 bits per heavy atom. The maximum absolute atomic E-state index is 12.5. The van der Waals surface area contributed by atoms with Crippen molar-refractivity contribution in [1.82, 2.24) is 10.2 Å². The van der Waals surface area contributed by atoms with Crippen molar-refractivity contribution in [2.75, 3.05) is 26.2 Å². The van der Waals surface area contributed by atoms with Gasteiger partial charge in [-0.2, -0.15) is 13.2 Å². The zero-order chi connectivity index (χ0) is 12.3. The molecule has 100 valence electrons. The molecule has 0 aromatic rings. The monoisotopic (exact) mass is 250 g/mol. The largest absolute Gasteiger partial charge is 0.401 e. The Kier molecular flexibility index (Phi) is 4.31. The number of hydrogen-bond donors (Lipinski definition) is 1. The second kappa shape index (κ2) is 5.57. The van der Waals surface area contributed by atoms with Crippen molar-refractivity contribution in [3.63, 3.8) is 0 Å². The molecule has 0 aromatic carbocycles. The number of rotatable bonds is 2. The van der Waals surface area contributed by atoms with Crippen LogP contribution < -0.4 is 5.32 Å². The summed E-state index contributed by atoms with van der Waals surface area (Å²) >= 11 is 0. The van der Waals surface area contributed by atoms with Gasteiger partial charge in [0.1, 0.15) is 0 Å². The van der Waals surface area contributed by atoms with E-state index in [1.54, 1.807) is 4.90 Å². The van der Waals surface area contributed by atoms with Gasteiger partial charge in [0.2, 0.25) is 0 Å². The Labute approximate surface area is 101 Å². The van der Waals surface area contributed by atoms with E-state index in [0.29, 0.717) is 19.0 Å². The minimum absolute atomic E-state index is 0.0886. The van der Waals surface area contributed by atoms with E-state index in [1.165, 1.54) is 19.3 Å². The van der Waals surface area contributed by atoms with E-state index >= 15 is 0 Å². The predicted octanol–water partition coefficient (Wildman–Crippen LogP) is 2.40. The first-order valence-corrected chi connectivity index (χ1v) is 6.58. The number of alkyl halides is 3. The third-order valence-corrected chi connectivity index (χ3v) is 3.97. The van der Waals surface area contributed by atoms with Crippen LogP contribution in [0.5, 0.6) is 0 Å². The lowest BCUT2D eigenvalue weighted by Crippen LogP contribution is -2.56. The molecule has 0 radical (unpaired) electrons. The summed E-state index contributed by atoms with van der Waals surface area (Å²) < 4.78 is 37.6. The zero-order valence-electron chi connectivity index (χ0n) is 10.1. The van der Waals surface area contributed by atoms with Crippen LogP contribution in [0.15, 0.2) is 0 Å². The van der Waals surface area contributed by atoms with Crippen molar-refractivity contribution in [2.24, 2.45) is 5.92 Å². The van der Waals surface area contributed by atoms with Crippen LogP contribution in [0.4, 0.5) is 13.2 Å². The molecular formula is C12H21F3N2. The molecule has 2 rings (SSSR count). The van der Waals surface area contributed by atoms with E-state index in [1.807, 2.05) is 0 Å². The van der Waals surface area contributed by atoms with Crippen LogP contribution >= 0.6 is 0 Å². The minimum Gasteiger partial charge on any atom is -0.314 e. The van der Waals surface area contributed by atoms with Crippen molar-refractivity contribution in [1.29, 1.82) is 0 Å². The Bertz CT molecular complexity index is 236. The maximum atomic E-state index is 12.5. The molecule has 1 saturated carbocycles. The van der Waals surface area contributed by atoms with Crippen LogP contribution in [0, 0.1) is 5.92 Å². The molecule has 1 N–H and O–H groups in total. The topological polar surface area (TPSA) is 15.3 Å². The number of piperazine rings is 1. The highest BCUT2D eigenvalue weighted by molar-refractivity contribution is 4.87. The summed E-state index contributed by atoms with van der Waals surface area (Å²) in [6, 6.07) is 0.0886. The molecule has 2 aliphatic rings. The molecule has 1 heterocycles. The van der Waals surface area contributed by atoms with Gasteiger partial charge in [-0.25, -0.2) is 0 Å². The van der Waals surface area contributed by atoms with Crippen LogP contribution in [0.3, 0.4) is 0 Å². The number of halogens is 3. The van der Waals surface area contributed by atoms with Crippen LogP contribution in [0.1, 0.15) is 32.1 Å². The van der Waals surface area contributed by atoms with Gasteiger partial charge in [-0.1, -0.05) is 19.3 Å². The van der Waals surface area contributed by atoms with Gasteiger partial charge in [0.05, 0.1) is 6.54 Å². The fourth-order valence-corrected chi connectivity index (χ4v) is 3.18. The first kappa shape index (κ1) is 13.1. The summed E-state index contributed by atoms with van der Waals surface area (Å²) in [5.74, 6) is 0.457. The van der Waals surface area contributed by atoms with Gasteiger partial charge in [0.25, 0.3) is 0 Å². The van der Waals surface area contributed by atoms with E-state index in [4.69, 9.17) is 0 Å². The first-order chi connectivity index (χ1) is 8.06. The molecule has 1 aliphatic carbocycles. The van der Waals surface area contributed by atoms with Crippen molar-refractivity contribution < 1.29 is 13.2 Å². The van der Waals surface area contributed by atoms with Crippen molar-refractivity contribution >= 4 is 0 Å². The summed E-state index contributed by atoms with van der Waals surface area (Å²) in [6.07, 6.45) is 1.74. The van der Waals surface area contributed by atoms with Crippen LogP contribution in [0.25, 0.3) is 0 Å². The SMILES string of the molecule is FC(F)(F)CN1CCNCC1C1CCCCC1. The predicted molar refractivity (Wildman–Crippen MR) is 60.9 cm³/mol. The molecule has 1 aliphatic heterocycles. The van der Waals surface area contributed by atoms with Gasteiger partial charge in [-0.05, 0) is 18.8 Å². The fraction of sp³-hybridized carbons (Fsp3) is 1.00. The van der Waals surface area contributed by atoms with E-state index in [-0.39, 0.29) is 6.04 Å². The number of hydrogen-bond acceptors (Lipinski definition) is 2. The lowest BCUT2D eigenvalue weighted by molar-refractivity contribution is -0.155. The highest BCUT2D eigenvalue weighted by Gasteiger charge is 2.37. The molecule has 1 saturated heterocycles. The Balaban J connectivity index is 1.95. The molecule has 0 aromatic heterocycles. The lowest BCUT2D eigenvalue weighted by Gasteiger charge is -2.42. The third kappa shape index (κ3) is 3.85. The smallest absolute Gasteiger partial charge is 0.314 e. The fourth-order valence-electron chi connectivity index (χ4n) is 3.18. The van der Waals surface area contributed by atoms with Gasteiger partial charge in [0, 0.05) is 25.7 Å². The van der Waals surface area contributed by atoms with Gasteiger partial charge in [0.15, 0.2) is 0 Å². The molecule has 0 spiro atoms. The second-order valence-corrected chi connectivity index (χ2v) is 5.26. The van der Waals surface area contributed by atoms with Gasteiger partial charge < -0.3 is 5.32 Å². The van der Waals surface area contributed by atoms with Crippen molar-refractivity contribution in [2.45, 2.75) is 44.3 Å². The molecule has 2 nitrogen and oxygen atoms in total. The van der Waals surface area contributed by atoms with E-state index in [9.17, 15) is 13.2 Å². The van der Waals surface area contributed by atoms with Crippen LogP contribution in [0.2, 0.25) is 0 Å². The van der Waals surface area contributed by atoms with Gasteiger partial charge in [-0.15, -0.1) is 0 Å². The van der Waals surface area contributed by atoms with Gasteiger partial charge >= 0.3 is 6.18 Å². The molecule has 5 heteroatoms. The summed E-state index contributed by atoms with van der Waals surface area (Å²) in [7, 11) is 0. The quantitative estimate of drug-likeness (QED) is 0.809. The molecule has 17 heavy (non-hydrogen) atoms. The standard InChI is InChI=1S/C12H21F3N2/c13-12(14,15)9-17-7-6-16-8-11(17)10-4-2-1-3-5-10/h10-11,16H,1-9H2. The summed E-state index contributed by atoms with van der Waals surface area (Å²) in [4.78, 5) is 1.65. The van der Waals surface area contributed by atoms with Crippen LogP contribution in [-0.2, 0) is 0 Å². The Morgan fingerprint density at radius 3 is 2.47 bits per heavy atom. The lowest BCUT2D eigenvalue weighted by atomic mass is 9.82. The summed E-state index contributed by atoms with van der Waals surface area (Å²) in [5.41, 5.74) is 0. The summed E-state index contributed by atoms with van der Waals surface area (Å²) in [5, 5.41) is 3.24. The Hall–Kier alpha value is -0.290. The van der Waals surface area contributed by atoms with E-state index < -0.39 is 12.7 Å². The highest BCUT2D eigenvalue weighted by atomic mass is 19.4. The molecule has 1 atom stereocenters. The Morgan fingerprint density at radius 2 is 1.82 bits per heavy atom. The zero-order valence-corrected chi connectivity index (χ0v) is 10.1. The first-order valence-electron chi connectivity index (χ1n) is 6.58. The highest BCUT2D eigenvalue weighted by Crippen LogP contribution is 2.31. The molecular weight excluding hydrogens is 229 g/mol. The molecule has 2 fully saturated rings. The normalized spacial score (nSPS) is 29.5. The molecule has 0 amide bonds. The minimum atomic E-state index is -4.07. The average molecular weight is 250 g/mol. The van der Waals surface area contributed by atoms with Crippen molar-refractivity contribution in [3.05, 3.63) is 0 Å². The van der Waals surface area contributed by atoms with E-state index in [0.717, 1.165) is 19.4 Å². The second-order valence-electron chi connectivity index (χ2n) is 5.26. The van der Waals surface area contributed by atoms with Crippen molar-refractivity contribution in [3.8, 4) is 0 Å². The number of nitrogens with zero attached hydrogens (tertiary/aromatic N) is 1. The summed E-state index contributed by atoms with van der Waals surface area (Å²) in [6.45, 7) is 1.19. The molecule has 1 unspecified atom stereocenters. The van der Waals surface area contributed by atoms with Gasteiger partial charge in [-0.3, -0.25) is 4.90 Å². The average Bonchev–Trinajstić information content (AvgIpc) is 2.29. The van der Waals surface area contributed by atoms with E-state index in [2.05, 4.69) is 5.32 Å². The number of nitrogens with one attached hydrogen (secondary N) is 1.